The average Bonchev–Trinajstić information content (AvgIpc) is 2.80. The molecule has 0 amide bonds. The first kappa shape index (κ1) is 21.6. The third-order valence-corrected chi connectivity index (χ3v) is 5.14. The minimum absolute atomic E-state index is 0.211. The van der Waals surface area contributed by atoms with E-state index in [-0.39, 0.29) is 11.1 Å². The summed E-state index contributed by atoms with van der Waals surface area (Å²) in [6.45, 7) is 0. The number of carbonyl (C=O) groups is 2. The first-order valence-electron chi connectivity index (χ1n) is 10.4. The fraction of sp³-hybridized carbons (Fsp3) is 0.0370. The Hall–Kier alpha value is -4.58. The van der Waals surface area contributed by atoms with Gasteiger partial charge in [-0.05, 0) is 66.1 Å². The predicted octanol–water partition coefficient (Wildman–Crippen LogP) is 6.16. The van der Waals surface area contributed by atoms with E-state index < -0.39 is 11.9 Å². The zero-order chi connectivity index (χ0) is 23.2. The molecule has 0 fully saturated rings. The Balaban J connectivity index is 1.52. The molecule has 4 N–H and O–H groups in total. The Morgan fingerprint density at radius 1 is 0.576 bits per heavy atom. The number of rotatable bonds is 8. The van der Waals surface area contributed by atoms with E-state index in [2.05, 4.69) is 10.6 Å². The maximum atomic E-state index is 11.5. The largest absolute Gasteiger partial charge is 0.478 e. The minimum Gasteiger partial charge on any atom is -0.478 e. The van der Waals surface area contributed by atoms with E-state index in [4.69, 9.17) is 0 Å². The van der Waals surface area contributed by atoms with Gasteiger partial charge in [-0.3, -0.25) is 0 Å². The molecule has 6 nitrogen and oxygen atoms in total. The standard InChI is InChI=1S/C27H22N2O4/c30-26(31)22-11-1-3-13-24(22)28-20-9-5-7-18(16-20)15-19-8-6-10-21(17-19)29-25-14-4-2-12-23(25)27(32)33/h1-14,16-17,28-29H,15H2,(H,30,31)(H,32,33). The van der Waals surface area contributed by atoms with Gasteiger partial charge in [0, 0.05) is 11.4 Å². The molecule has 0 spiro atoms. The molecule has 4 aromatic rings. The molecule has 0 radical (unpaired) electrons. The molecular formula is C27H22N2O4. The molecule has 4 aromatic carbocycles. The molecule has 0 atom stereocenters. The summed E-state index contributed by atoms with van der Waals surface area (Å²) in [5.41, 5.74) is 5.19. The van der Waals surface area contributed by atoms with E-state index in [0.717, 1.165) is 22.5 Å². The van der Waals surface area contributed by atoms with Gasteiger partial charge in [0.05, 0.1) is 22.5 Å². The molecule has 164 valence electrons. The monoisotopic (exact) mass is 438 g/mol. The van der Waals surface area contributed by atoms with Crippen molar-refractivity contribution in [2.24, 2.45) is 0 Å². The van der Waals surface area contributed by atoms with E-state index in [1.54, 1.807) is 48.5 Å². The molecule has 0 aromatic heterocycles. The third kappa shape index (κ3) is 5.37. The lowest BCUT2D eigenvalue weighted by Crippen LogP contribution is -2.03. The van der Waals surface area contributed by atoms with Crippen molar-refractivity contribution in [1.82, 2.24) is 0 Å². The van der Waals surface area contributed by atoms with Crippen LogP contribution in [0.1, 0.15) is 31.8 Å². The maximum Gasteiger partial charge on any atom is 0.337 e. The molecule has 0 saturated heterocycles. The maximum absolute atomic E-state index is 11.5. The van der Waals surface area contributed by atoms with Crippen LogP contribution in [-0.4, -0.2) is 22.2 Å². The second-order valence-corrected chi connectivity index (χ2v) is 7.53. The van der Waals surface area contributed by atoms with Gasteiger partial charge in [-0.2, -0.15) is 0 Å². The molecule has 4 rings (SSSR count). The van der Waals surface area contributed by atoms with Crippen molar-refractivity contribution in [3.05, 3.63) is 119 Å². The van der Waals surface area contributed by atoms with Crippen LogP contribution < -0.4 is 10.6 Å². The first-order chi connectivity index (χ1) is 16.0. The van der Waals surface area contributed by atoms with Crippen molar-refractivity contribution in [2.75, 3.05) is 10.6 Å². The van der Waals surface area contributed by atoms with Crippen LogP contribution in [0, 0.1) is 0 Å². The van der Waals surface area contributed by atoms with Crippen molar-refractivity contribution >= 4 is 34.7 Å². The highest BCUT2D eigenvalue weighted by atomic mass is 16.4. The van der Waals surface area contributed by atoms with Crippen LogP contribution in [0.4, 0.5) is 22.7 Å². The second kappa shape index (κ2) is 9.70. The van der Waals surface area contributed by atoms with Crippen LogP contribution in [0.5, 0.6) is 0 Å². The third-order valence-electron chi connectivity index (χ3n) is 5.14. The Morgan fingerprint density at radius 2 is 1.00 bits per heavy atom. The predicted molar refractivity (Wildman–Crippen MR) is 129 cm³/mol. The van der Waals surface area contributed by atoms with Gasteiger partial charge in [-0.1, -0.05) is 48.5 Å². The molecule has 0 unspecified atom stereocenters. The Labute approximate surface area is 191 Å². The number of benzene rings is 4. The number of carboxylic acids is 2. The lowest BCUT2D eigenvalue weighted by molar-refractivity contribution is 0.0687. The number of hydrogen-bond donors (Lipinski definition) is 4. The van der Waals surface area contributed by atoms with Crippen LogP contribution in [0.15, 0.2) is 97.1 Å². The zero-order valence-electron chi connectivity index (χ0n) is 17.7. The quantitative estimate of drug-likeness (QED) is 0.263. The number of hydrogen-bond acceptors (Lipinski definition) is 4. The molecular weight excluding hydrogens is 416 g/mol. The van der Waals surface area contributed by atoms with Gasteiger partial charge in [-0.15, -0.1) is 0 Å². The lowest BCUT2D eigenvalue weighted by Gasteiger charge is -2.12. The van der Waals surface area contributed by atoms with E-state index in [0.29, 0.717) is 17.8 Å². The van der Waals surface area contributed by atoms with Crippen LogP contribution >= 0.6 is 0 Å². The summed E-state index contributed by atoms with van der Waals surface area (Å²) in [6, 6.07) is 29.2. The molecule has 0 bridgehead atoms. The molecule has 0 saturated carbocycles. The highest BCUT2D eigenvalue weighted by molar-refractivity contribution is 5.95. The summed E-state index contributed by atoms with van der Waals surface area (Å²) in [4.78, 5) is 22.9. The molecule has 0 aliphatic carbocycles. The van der Waals surface area contributed by atoms with Gasteiger partial charge in [0.25, 0.3) is 0 Å². The van der Waals surface area contributed by atoms with Gasteiger partial charge < -0.3 is 20.8 Å². The van der Waals surface area contributed by atoms with Gasteiger partial charge in [-0.25, -0.2) is 9.59 Å². The van der Waals surface area contributed by atoms with E-state index >= 15 is 0 Å². The van der Waals surface area contributed by atoms with E-state index in [1.807, 2.05) is 48.5 Å². The average molecular weight is 438 g/mol. The van der Waals surface area contributed by atoms with E-state index in [9.17, 15) is 19.8 Å². The summed E-state index contributed by atoms with van der Waals surface area (Å²) in [7, 11) is 0. The minimum atomic E-state index is -0.983. The lowest BCUT2D eigenvalue weighted by atomic mass is 10.0. The molecule has 0 aliphatic rings. The highest BCUT2D eigenvalue weighted by Crippen LogP contribution is 2.25. The molecule has 0 aliphatic heterocycles. The van der Waals surface area contributed by atoms with Crippen molar-refractivity contribution in [1.29, 1.82) is 0 Å². The fourth-order valence-corrected chi connectivity index (χ4v) is 3.62. The summed E-state index contributed by atoms with van der Waals surface area (Å²) < 4.78 is 0. The summed E-state index contributed by atoms with van der Waals surface area (Å²) in [5.74, 6) is -1.97. The highest BCUT2D eigenvalue weighted by Gasteiger charge is 2.10. The number of carboxylic acid groups (broad SMARTS) is 2. The smallest absolute Gasteiger partial charge is 0.337 e. The summed E-state index contributed by atoms with van der Waals surface area (Å²) >= 11 is 0. The number of anilines is 4. The topological polar surface area (TPSA) is 98.7 Å². The molecule has 0 heterocycles. The summed E-state index contributed by atoms with van der Waals surface area (Å²) in [5, 5.41) is 25.2. The van der Waals surface area contributed by atoms with Crippen molar-refractivity contribution in [3.63, 3.8) is 0 Å². The van der Waals surface area contributed by atoms with Crippen LogP contribution in [0.25, 0.3) is 0 Å². The van der Waals surface area contributed by atoms with Crippen molar-refractivity contribution in [3.8, 4) is 0 Å². The van der Waals surface area contributed by atoms with Crippen molar-refractivity contribution < 1.29 is 19.8 Å². The van der Waals surface area contributed by atoms with Crippen molar-refractivity contribution in [2.45, 2.75) is 6.42 Å². The SMILES string of the molecule is O=C(O)c1ccccc1Nc1cccc(Cc2cccc(Nc3ccccc3C(=O)O)c2)c1. The van der Waals surface area contributed by atoms with Crippen LogP contribution in [0.3, 0.4) is 0 Å². The Morgan fingerprint density at radius 3 is 1.42 bits per heavy atom. The first-order valence-corrected chi connectivity index (χ1v) is 10.4. The Bertz CT molecular complexity index is 1220. The van der Waals surface area contributed by atoms with Gasteiger partial charge >= 0.3 is 11.9 Å². The van der Waals surface area contributed by atoms with Crippen LogP contribution in [0.2, 0.25) is 0 Å². The molecule has 33 heavy (non-hydrogen) atoms. The normalized spacial score (nSPS) is 10.4. The van der Waals surface area contributed by atoms with Gasteiger partial charge in [0.15, 0.2) is 0 Å². The number of nitrogens with one attached hydrogen (secondary N) is 2. The van der Waals surface area contributed by atoms with Gasteiger partial charge in [0.2, 0.25) is 0 Å². The second-order valence-electron chi connectivity index (χ2n) is 7.53. The Kier molecular flexibility index (Phi) is 6.36. The summed E-state index contributed by atoms with van der Waals surface area (Å²) in [6.07, 6.45) is 0.659. The van der Waals surface area contributed by atoms with Crippen LogP contribution in [-0.2, 0) is 6.42 Å². The fourth-order valence-electron chi connectivity index (χ4n) is 3.62. The zero-order valence-corrected chi connectivity index (χ0v) is 17.7. The number of aromatic carboxylic acids is 2. The van der Waals surface area contributed by atoms with E-state index in [1.165, 1.54) is 0 Å². The molecule has 6 heteroatoms. The number of para-hydroxylation sites is 2. The van der Waals surface area contributed by atoms with Gasteiger partial charge in [0.1, 0.15) is 0 Å².